The maximum atomic E-state index is 12.5. The van der Waals surface area contributed by atoms with Crippen LogP contribution in [-0.2, 0) is 38.1 Å². The van der Waals surface area contributed by atoms with Gasteiger partial charge in [0.15, 0.2) is 0 Å². The lowest BCUT2D eigenvalue weighted by atomic mass is 9.92. The number of carbonyl (C=O) groups excluding carboxylic acids is 4. The van der Waals surface area contributed by atoms with E-state index in [9.17, 15) is 19.2 Å². The van der Waals surface area contributed by atoms with E-state index in [4.69, 9.17) is 4.42 Å². The fraction of sp³-hybridized carbons (Fsp3) is 0.467. The molecule has 2 rings (SSSR count). The van der Waals surface area contributed by atoms with E-state index in [0.29, 0.717) is 0 Å². The first-order valence-electron chi connectivity index (χ1n) is 6.78. The Balaban J connectivity index is 2.81. The third-order valence-electron chi connectivity index (χ3n) is 4.26. The second-order valence-corrected chi connectivity index (χ2v) is 5.03. The summed E-state index contributed by atoms with van der Waals surface area (Å²) in [6, 6.07) is 2.89. The highest BCUT2D eigenvalue weighted by Gasteiger charge is 2.96. The number of rotatable bonds is 5. The SMILES string of the molecule is COC(=O)C1(C(=O)OC)C(c2ccco2)C1(C(=O)OC)C(=O)OC. The summed E-state index contributed by atoms with van der Waals surface area (Å²) in [5.74, 6) is -5.81. The highest BCUT2D eigenvalue weighted by Crippen LogP contribution is 2.76. The maximum Gasteiger partial charge on any atom is 0.325 e. The van der Waals surface area contributed by atoms with Crippen molar-refractivity contribution in [1.82, 2.24) is 0 Å². The van der Waals surface area contributed by atoms with E-state index < -0.39 is 40.6 Å². The third kappa shape index (κ3) is 1.81. The first-order chi connectivity index (χ1) is 11.4. The van der Waals surface area contributed by atoms with Crippen molar-refractivity contribution >= 4 is 23.9 Å². The molecule has 9 nitrogen and oxygen atoms in total. The second-order valence-electron chi connectivity index (χ2n) is 5.03. The fourth-order valence-corrected chi connectivity index (χ4v) is 3.28. The zero-order valence-corrected chi connectivity index (χ0v) is 13.5. The van der Waals surface area contributed by atoms with Gasteiger partial charge in [-0.05, 0) is 12.1 Å². The van der Waals surface area contributed by atoms with Gasteiger partial charge in [0.1, 0.15) is 5.76 Å². The van der Waals surface area contributed by atoms with Crippen LogP contribution in [0.25, 0.3) is 0 Å². The lowest BCUT2D eigenvalue weighted by Gasteiger charge is -2.17. The molecular formula is C15H16O9. The Morgan fingerprint density at radius 2 is 1.21 bits per heavy atom. The van der Waals surface area contributed by atoms with Gasteiger partial charge in [-0.15, -0.1) is 0 Å². The van der Waals surface area contributed by atoms with E-state index in [1.165, 1.54) is 18.4 Å². The molecule has 24 heavy (non-hydrogen) atoms. The van der Waals surface area contributed by atoms with Gasteiger partial charge in [0.25, 0.3) is 0 Å². The highest BCUT2D eigenvalue weighted by atomic mass is 16.6. The molecule has 1 aliphatic carbocycles. The molecule has 0 aliphatic heterocycles. The number of hydrogen-bond acceptors (Lipinski definition) is 9. The van der Waals surface area contributed by atoms with E-state index in [1.807, 2.05) is 0 Å². The summed E-state index contributed by atoms with van der Waals surface area (Å²) in [7, 11) is 4.07. The average Bonchev–Trinajstić information content (AvgIpc) is 2.93. The topological polar surface area (TPSA) is 118 Å². The molecule has 1 fully saturated rings. The van der Waals surface area contributed by atoms with E-state index in [0.717, 1.165) is 28.4 Å². The molecular weight excluding hydrogens is 324 g/mol. The highest BCUT2D eigenvalue weighted by molar-refractivity contribution is 6.23. The van der Waals surface area contributed by atoms with Crippen LogP contribution in [0.15, 0.2) is 22.8 Å². The summed E-state index contributed by atoms with van der Waals surface area (Å²) in [5, 5.41) is 0. The summed E-state index contributed by atoms with van der Waals surface area (Å²) in [4.78, 5) is 49.9. The molecule has 0 amide bonds. The molecule has 0 radical (unpaired) electrons. The summed E-state index contributed by atoms with van der Waals surface area (Å²) in [6.45, 7) is 0. The van der Waals surface area contributed by atoms with Gasteiger partial charge in [0.05, 0.1) is 40.6 Å². The Hall–Kier alpha value is -2.84. The molecule has 0 bridgehead atoms. The molecule has 1 heterocycles. The summed E-state index contributed by atoms with van der Waals surface area (Å²) in [5.41, 5.74) is -4.59. The molecule has 0 saturated heterocycles. The van der Waals surface area contributed by atoms with Crippen LogP contribution in [-0.4, -0.2) is 52.3 Å². The summed E-state index contributed by atoms with van der Waals surface area (Å²) in [6.07, 6.45) is 1.27. The van der Waals surface area contributed by atoms with Crippen LogP contribution in [0.2, 0.25) is 0 Å². The fourth-order valence-electron chi connectivity index (χ4n) is 3.28. The minimum absolute atomic E-state index is 0.0431. The molecule has 1 aliphatic rings. The van der Waals surface area contributed by atoms with Crippen LogP contribution in [0.4, 0.5) is 0 Å². The van der Waals surface area contributed by atoms with Crippen LogP contribution in [0.3, 0.4) is 0 Å². The molecule has 1 aromatic rings. The molecule has 1 saturated carbocycles. The van der Waals surface area contributed by atoms with Crippen molar-refractivity contribution in [2.75, 3.05) is 28.4 Å². The van der Waals surface area contributed by atoms with Gasteiger partial charge in [0.2, 0.25) is 10.8 Å². The Kier molecular flexibility index (Phi) is 4.37. The van der Waals surface area contributed by atoms with Crippen molar-refractivity contribution in [3.63, 3.8) is 0 Å². The van der Waals surface area contributed by atoms with Crippen molar-refractivity contribution in [3.05, 3.63) is 24.2 Å². The zero-order chi connectivity index (χ0) is 18.1. The van der Waals surface area contributed by atoms with Crippen molar-refractivity contribution in [3.8, 4) is 0 Å². The number of hydrogen-bond donors (Lipinski definition) is 0. The van der Waals surface area contributed by atoms with Gasteiger partial charge in [-0.25, -0.2) is 0 Å². The molecule has 0 N–H and O–H groups in total. The van der Waals surface area contributed by atoms with Crippen molar-refractivity contribution in [2.24, 2.45) is 10.8 Å². The van der Waals surface area contributed by atoms with Crippen LogP contribution in [0.5, 0.6) is 0 Å². The predicted octanol–water partition coefficient (Wildman–Crippen LogP) is 0.0416. The van der Waals surface area contributed by atoms with Crippen LogP contribution < -0.4 is 0 Å². The number of methoxy groups -OCH3 is 4. The number of ether oxygens (including phenoxy) is 4. The van der Waals surface area contributed by atoms with Crippen LogP contribution in [0, 0.1) is 10.8 Å². The minimum Gasteiger partial charge on any atom is -0.469 e. The van der Waals surface area contributed by atoms with Crippen molar-refractivity contribution in [2.45, 2.75) is 5.92 Å². The molecule has 9 heteroatoms. The number of esters is 4. The zero-order valence-electron chi connectivity index (χ0n) is 13.5. The first-order valence-corrected chi connectivity index (χ1v) is 6.78. The van der Waals surface area contributed by atoms with E-state index in [-0.39, 0.29) is 5.76 Å². The quantitative estimate of drug-likeness (QED) is 0.416. The minimum atomic E-state index is -2.30. The smallest absolute Gasteiger partial charge is 0.325 e. The normalized spacial score (nSPS) is 17.5. The Morgan fingerprint density at radius 1 is 0.833 bits per heavy atom. The van der Waals surface area contributed by atoms with Gasteiger partial charge in [-0.2, -0.15) is 0 Å². The number of furan rings is 1. The second kappa shape index (κ2) is 5.99. The third-order valence-corrected chi connectivity index (χ3v) is 4.26. The lowest BCUT2D eigenvalue weighted by Crippen LogP contribution is -2.42. The first kappa shape index (κ1) is 17.5. The molecule has 0 aromatic carbocycles. The van der Waals surface area contributed by atoms with Gasteiger partial charge in [-0.1, -0.05) is 0 Å². The van der Waals surface area contributed by atoms with Gasteiger partial charge in [0, 0.05) is 0 Å². The molecule has 0 atom stereocenters. The van der Waals surface area contributed by atoms with Crippen LogP contribution >= 0.6 is 0 Å². The standard InChI is InChI=1S/C15H16O9/c1-20-10(16)14(11(17)21-2)9(8-6-5-7-24-8)15(14,12(18)22-3)13(19)23-4/h5-7,9H,1-4H3. The van der Waals surface area contributed by atoms with E-state index in [2.05, 4.69) is 18.9 Å². The Morgan fingerprint density at radius 3 is 1.46 bits per heavy atom. The molecule has 0 unspecified atom stereocenters. The summed E-state index contributed by atoms with van der Waals surface area (Å²) >= 11 is 0. The van der Waals surface area contributed by atoms with Gasteiger partial charge < -0.3 is 23.4 Å². The summed E-state index contributed by atoms with van der Waals surface area (Å²) < 4.78 is 23.9. The largest absolute Gasteiger partial charge is 0.469 e. The molecule has 130 valence electrons. The van der Waals surface area contributed by atoms with E-state index >= 15 is 0 Å². The Bertz CT molecular complexity index is 599. The number of carbonyl (C=O) groups is 4. The van der Waals surface area contributed by atoms with E-state index in [1.54, 1.807) is 0 Å². The lowest BCUT2D eigenvalue weighted by molar-refractivity contribution is -0.176. The van der Waals surface area contributed by atoms with Crippen LogP contribution in [0.1, 0.15) is 11.7 Å². The van der Waals surface area contributed by atoms with Gasteiger partial charge >= 0.3 is 23.9 Å². The maximum absolute atomic E-state index is 12.5. The molecule has 0 spiro atoms. The predicted molar refractivity (Wildman–Crippen MR) is 74.4 cm³/mol. The van der Waals surface area contributed by atoms with Crippen molar-refractivity contribution in [1.29, 1.82) is 0 Å². The van der Waals surface area contributed by atoms with Gasteiger partial charge in [-0.3, -0.25) is 19.2 Å². The van der Waals surface area contributed by atoms with Crippen molar-refractivity contribution < 1.29 is 42.5 Å². The Labute approximate surface area is 136 Å². The average molecular weight is 340 g/mol. The monoisotopic (exact) mass is 340 g/mol. The molecule has 1 aromatic heterocycles.